The maximum atomic E-state index is 12.4. The van der Waals surface area contributed by atoms with Gasteiger partial charge in [-0.2, -0.15) is 0 Å². The molecule has 2 rings (SSSR count). The molecule has 0 saturated heterocycles. The Labute approximate surface area is 126 Å². The summed E-state index contributed by atoms with van der Waals surface area (Å²) in [6.07, 6.45) is 3.51. The van der Waals surface area contributed by atoms with E-state index in [0.29, 0.717) is 29.5 Å². The highest BCUT2D eigenvalue weighted by molar-refractivity contribution is 5.96. The summed E-state index contributed by atoms with van der Waals surface area (Å²) in [5.41, 5.74) is 0.337. The van der Waals surface area contributed by atoms with E-state index >= 15 is 0 Å². The highest BCUT2D eigenvalue weighted by Gasteiger charge is 2.33. The second-order valence-electron chi connectivity index (χ2n) is 6.75. The van der Waals surface area contributed by atoms with Crippen molar-refractivity contribution in [3.05, 3.63) is 17.0 Å². The number of carbonyl (C=O) groups is 1. The summed E-state index contributed by atoms with van der Waals surface area (Å²) in [4.78, 5) is 12.4. The maximum Gasteiger partial charge on any atom is 0.256 e. The fourth-order valence-electron chi connectivity index (χ4n) is 2.87. The molecule has 0 radical (unpaired) electrons. The van der Waals surface area contributed by atoms with Gasteiger partial charge in [-0.25, -0.2) is 0 Å². The van der Waals surface area contributed by atoms with Gasteiger partial charge >= 0.3 is 0 Å². The number of rotatable bonds is 4. The first-order valence-corrected chi connectivity index (χ1v) is 7.79. The Bertz CT molecular complexity index is 500. The predicted octanol–water partition coefficient (Wildman–Crippen LogP) is 2.78. The third-order valence-corrected chi connectivity index (χ3v) is 4.42. The van der Waals surface area contributed by atoms with Crippen LogP contribution in [0.25, 0.3) is 0 Å². The Morgan fingerprint density at radius 3 is 2.67 bits per heavy atom. The molecule has 5 heteroatoms. The fraction of sp³-hybridized carbons (Fsp3) is 0.750. The number of hydrogen-bond acceptors (Lipinski definition) is 4. The number of nitrogens with one attached hydrogen (secondary N) is 1. The molecule has 1 aliphatic rings. The van der Waals surface area contributed by atoms with Crippen LogP contribution < -0.4 is 5.32 Å². The number of aryl methyl sites for hydroxylation is 1. The van der Waals surface area contributed by atoms with Crippen molar-refractivity contribution in [2.75, 3.05) is 6.54 Å². The Balaban J connectivity index is 2.01. The summed E-state index contributed by atoms with van der Waals surface area (Å²) in [7, 11) is 0. The Morgan fingerprint density at radius 2 is 2.10 bits per heavy atom. The minimum Gasteiger partial charge on any atom is -0.388 e. The first kappa shape index (κ1) is 16.0. The van der Waals surface area contributed by atoms with Crippen LogP contribution in [0.15, 0.2) is 4.52 Å². The van der Waals surface area contributed by atoms with E-state index < -0.39 is 5.60 Å². The molecule has 0 unspecified atom stereocenters. The summed E-state index contributed by atoms with van der Waals surface area (Å²) in [5.74, 6) is 1.16. The van der Waals surface area contributed by atoms with Gasteiger partial charge in [0, 0.05) is 12.5 Å². The molecule has 1 aromatic rings. The van der Waals surface area contributed by atoms with E-state index in [-0.39, 0.29) is 11.8 Å². The monoisotopic (exact) mass is 294 g/mol. The van der Waals surface area contributed by atoms with Gasteiger partial charge in [0.05, 0.1) is 11.3 Å². The van der Waals surface area contributed by atoms with Crippen molar-refractivity contribution in [2.24, 2.45) is 5.92 Å². The largest absolute Gasteiger partial charge is 0.388 e. The molecule has 118 valence electrons. The average Bonchev–Trinajstić information content (AvgIpc) is 2.82. The third-order valence-electron chi connectivity index (χ3n) is 4.42. The van der Waals surface area contributed by atoms with Crippen molar-refractivity contribution in [1.29, 1.82) is 0 Å². The van der Waals surface area contributed by atoms with Gasteiger partial charge in [0.2, 0.25) is 0 Å². The maximum absolute atomic E-state index is 12.4. The van der Waals surface area contributed by atoms with E-state index in [2.05, 4.69) is 17.4 Å². The van der Waals surface area contributed by atoms with Crippen LogP contribution >= 0.6 is 0 Å². The molecule has 1 aromatic heterocycles. The zero-order valence-electron chi connectivity index (χ0n) is 13.4. The zero-order valence-corrected chi connectivity index (χ0v) is 13.4. The first-order valence-electron chi connectivity index (χ1n) is 7.79. The molecule has 0 aliphatic heterocycles. The highest BCUT2D eigenvalue weighted by Crippen LogP contribution is 2.31. The third kappa shape index (κ3) is 3.64. The van der Waals surface area contributed by atoms with Crippen LogP contribution in [0.1, 0.15) is 74.2 Å². The summed E-state index contributed by atoms with van der Waals surface area (Å²) in [6.45, 7) is 8.19. The number of hydrogen-bond donors (Lipinski definition) is 2. The van der Waals surface area contributed by atoms with Crippen molar-refractivity contribution in [3.8, 4) is 0 Å². The molecule has 1 heterocycles. The van der Waals surface area contributed by atoms with Crippen molar-refractivity contribution in [2.45, 2.75) is 64.9 Å². The molecule has 1 aliphatic carbocycles. The number of aliphatic hydroxyl groups is 1. The Kier molecular flexibility index (Phi) is 4.71. The average molecular weight is 294 g/mol. The number of aromatic nitrogens is 1. The second-order valence-corrected chi connectivity index (χ2v) is 6.75. The molecule has 0 spiro atoms. The Hall–Kier alpha value is -1.36. The van der Waals surface area contributed by atoms with Gasteiger partial charge in [0.15, 0.2) is 5.76 Å². The molecule has 0 bridgehead atoms. The smallest absolute Gasteiger partial charge is 0.256 e. The van der Waals surface area contributed by atoms with Crippen molar-refractivity contribution in [1.82, 2.24) is 10.5 Å². The number of nitrogens with zero attached hydrogens (tertiary/aromatic N) is 1. The van der Waals surface area contributed by atoms with E-state index in [4.69, 9.17) is 4.52 Å². The molecule has 1 fully saturated rings. The second kappa shape index (κ2) is 6.18. The van der Waals surface area contributed by atoms with Crippen LogP contribution in [-0.4, -0.2) is 28.3 Å². The normalized spacial score (nSPS) is 26.1. The van der Waals surface area contributed by atoms with Crippen molar-refractivity contribution < 1.29 is 14.4 Å². The lowest BCUT2D eigenvalue weighted by Gasteiger charge is -2.34. The van der Waals surface area contributed by atoms with Crippen LogP contribution in [-0.2, 0) is 0 Å². The quantitative estimate of drug-likeness (QED) is 0.895. The summed E-state index contributed by atoms with van der Waals surface area (Å²) in [6, 6.07) is 0. The van der Waals surface area contributed by atoms with Crippen LogP contribution in [0.3, 0.4) is 0 Å². The minimum atomic E-state index is -0.773. The predicted molar refractivity (Wildman–Crippen MR) is 80.2 cm³/mol. The van der Waals surface area contributed by atoms with Gasteiger partial charge in [-0.3, -0.25) is 4.79 Å². The molecular weight excluding hydrogens is 268 g/mol. The standard InChI is InChI=1S/C16H26N2O3/c1-10(2)14-13(12(4)18-21-14)15(19)17-9-16(20)7-5-11(3)6-8-16/h10-11,20H,5-9H2,1-4H3,(H,17,19). The van der Waals surface area contributed by atoms with Gasteiger partial charge < -0.3 is 14.9 Å². The first-order chi connectivity index (χ1) is 9.82. The topological polar surface area (TPSA) is 75.4 Å². The van der Waals surface area contributed by atoms with Gasteiger partial charge in [-0.05, 0) is 38.5 Å². The summed E-state index contributed by atoms with van der Waals surface area (Å²) >= 11 is 0. The Morgan fingerprint density at radius 1 is 1.48 bits per heavy atom. The van der Waals surface area contributed by atoms with Crippen LogP contribution in [0, 0.1) is 12.8 Å². The van der Waals surface area contributed by atoms with E-state index in [1.807, 2.05) is 13.8 Å². The number of amides is 1. The minimum absolute atomic E-state index is 0.102. The molecule has 5 nitrogen and oxygen atoms in total. The SMILES string of the molecule is Cc1noc(C(C)C)c1C(=O)NCC1(O)CCC(C)CC1. The van der Waals surface area contributed by atoms with Crippen molar-refractivity contribution >= 4 is 5.91 Å². The molecule has 1 amide bonds. The molecule has 0 atom stereocenters. The summed E-state index contributed by atoms with van der Waals surface area (Å²) in [5, 5.41) is 17.3. The zero-order chi connectivity index (χ0) is 15.6. The van der Waals surface area contributed by atoms with E-state index in [9.17, 15) is 9.90 Å². The van der Waals surface area contributed by atoms with Gasteiger partial charge in [-0.1, -0.05) is 25.9 Å². The number of carbonyl (C=O) groups excluding carboxylic acids is 1. The van der Waals surface area contributed by atoms with Gasteiger partial charge in [-0.15, -0.1) is 0 Å². The van der Waals surface area contributed by atoms with E-state index in [0.717, 1.165) is 25.7 Å². The van der Waals surface area contributed by atoms with E-state index in [1.54, 1.807) is 6.92 Å². The fourth-order valence-corrected chi connectivity index (χ4v) is 2.87. The van der Waals surface area contributed by atoms with E-state index in [1.165, 1.54) is 0 Å². The highest BCUT2D eigenvalue weighted by atomic mass is 16.5. The van der Waals surface area contributed by atoms with Crippen LogP contribution in [0.4, 0.5) is 0 Å². The van der Waals surface area contributed by atoms with Crippen LogP contribution in [0.2, 0.25) is 0 Å². The van der Waals surface area contributed by atoms with Gasteiger partial charge in [0.25, 0.3) is 5.91 Å². The summed E-state index contributed by atoms with van der Waals surface area (Å²) < 4.78 is 5.24. The van der Waals surface area contributed by atoms with Crippen LogP contribution in [0.5, 0.6) is 0 Å². The molecule has 0 aromatic carbocycles. The lowest BCUT2D eigenvalue weighted by molar-refractivity contribution is -0.00542. The molecule has 1 saturated carbocycles. The van der Waals surface area contributed by atoms with Crippen molar-refractivity contribution in [3.63, 3.8) is 0 Å². The lowest BCUT2D eigenvalue weighted by Crippen LogP contribution is -2.45. The molecule has 21 heavy (non-hydrogen) atoms. The lowest BCUT2D eigenvalue weighted by atomic mass is 9.79. The molecular formula is C16H26N2O3. The molecule has 2 N–H and O–H groups in total. The van der Waals surface area contributed by atoms with Gasteiger partial charge in [0.1, 0.15) is 5.56 Å².